The van der Waals surface area contributed by atoms with Gasteiger partial charge in [-0.05, 0) is 24.1 Å². The monoisotopic (exact) mass is 282 g/mol. The summed E-state index contributed by atoms with van der Waals surface area (Å²) in [6.07, 6.45) is 3.51. The van der Waals surface area contributed by atoms with Crippen molar-refractivity contribution in [2.45, 2.75) is 13.5 Å². The Labute approximate surface area is 123 Å². The summed E-state index contributed by atoms with van der Waals surface area (Å²) in [5.41, 5.74) is 0.967. The van der Waals surface area contributed by atoms with Gasteiger partial charge in [0.1, 0.15) is 0 Å². The summed E-state index contributed by atoms with van der Waals surface area (Å²) in [7, 11) is 1.86. The number of hydrogen-bond acceptors (Lipinski definition) is 4. The minimum atomic E-state index is 0.619. The van der Waals surface area contributed by atoms with Gasteiger partial charge in [-0.3, -0.25) is 4.68 Å². The molecule has 0 spiro atoms. The van der Waals surface area contributed by atoms with Crippen LogP contribution in [-0.4, -0.2) is 21.3 Å². The van der Waals surface area contributed by atoms with Crippen LogP contribution < -0.4 is 10.1 Å². The lowest BCUT2D eigenvalue weighted by molar-refractivity contribution is 0.465. The first-order valence-corrected chi connectivity index (χ1v) is 7.02. The lowest BCUT2D eigenvalue weighted by Crippen LogP contribution is -2.13. The van der Waals surface area contributed by atoms with Gasteiger partial charge < -0.3 is 10.1 Å². The van der Waals surface area contributed by atoms with Gasteiger partial charge in [-0.25, -0.2) is 4.98 Å². The molecule has 2 heterocycles. The number of pyridine rings is 1. The van der Waals surface area contributed by atoms with Crippen molar-refractivity contribution in [3.63, 3.8) is 0 Å². The van der Waals surface area contributed by atoms with Crippen molar-refractivity contribution < 1.29 is 4.74 Å². The molecule has 0 saturated heterocycles. The van der Waals surface area contributed by atoms with E-state index in [-0.39, 0.29) is 0 Å². The molecule has 108 valence electrons. The first-order chi connectivity index (χ1) is 10.3. The minimum absolute atomic E-state index is 0.619. The summed E-state index contributed by atoms with van der Waals surface area (Å²) in [5, 5.41) is 9.53. The standard InChI is InChI=1S/C16H18N4O/c1-3-17-9-13-8-12-6-4-5-7-15(12)16(19-13)21-14-10-18-20(2)11-14/h4-8,10-11,17H,3,9H2,1-2H3. The largest absolute Gasteiger partial charge is 0.435 e. The molecule has 5 nitrogen and oxygen atoms in total. The van der Waals surface area contributed by atoms with E-state index in [1.165, 1.54) is 0 Å². The number of aryl methyl sites for hydroxylation is 1. The summed E-state index contributed by atoms with van der Waals surface area (Å²) in [5.74, 6) is 1.31. The van der Waals surface area contributed by atoms with E-state index in [0.29, 0.717) is 11.6 Å². The van der Waals surface area contributed by atoms with Crippen molar-refractivity contribution in [1.82, 2.24) is 20.1 Å². The number of hydrogen-bond donors (Lipinski definition) is 1. The van der Waals surface area contributed by atoms with Gasteiger partial charge in [0.2, 0.25) is 5.88 Å². The molecule has 0 saturated carbocycles. The Bertz CT molecular complexity index is 751. The lowest BCUT2D eigenvalue weighted by atomic mass is 10.1. The van der Waals surface area contributed by atoms with Crippen molar-refractivity contribution in [2.75, 3.05) is 6.54 Å². The first-order valence-electron chi connectivity index (χ1n) is 7.02. The van der Waals surface area contributed by atoms with Crippen LogP contribution in [0.2, 0.25) is 0 Å². The summed E-state index contributed by atoms with van der Waals surface area (Å²) < 4.78 is 7.62. The second-order valence-corrected chi connectivity index (χ2v) is 4.87. The van der Waals surface area contributed by atoms with Crippen LogP contribution in [0.5, 0.6) is 11.6 Å². The average Bonchev–Trinajstić information content (AvgIpc) is 2.90. The molecule has 0 fully saturated rings. The maximum atomic E-state index is 5.91. The third kappa shape index (κ3) is 3.03. The summed E-state index contributed by atoms with van der Waals surface area (Å²) >= 11 is 0. The third-order valence-electron chi connectivity index (χ3n) is 3.21. The normalized spacial score (nSPS) is 11.0. The number of fused-ring (bicyclic) bond motifs is 1. The Morgan fingerprint density at radius 1 is 1.29 bits per heavy atom. The summed E-state index contributed by atoms with van der Waals surface area (Å²) in [6.45, 7) is 3.71. The van der Waals surface area contributed by atoms with Gasteiger partial charge in [0.15, 0.2) is 5.75 Å². The molecule has 0 atom stereocenters. The van der Waals surface area contributed by atoms with Crippen molar-refractivity contribution in [3.8, 4) is 11.6 Å². The molecule has 3 rings (SSSR count). The van der Waals surface area contributed by atoms with E-state index < -0.39 is 0 Å². The van der Waals surface area contributed by atoms with Gasteiger partial charge in [-0.15, -0.1) is 0 Å². The highest BCUT2D eigenvalue weighted by Gasteiger charge is 2.09. The van der Waals surface area contributed by atoms with E-state index in [2.05, 4.69) is 34.5 Å². The number of rotatable bonds is 5. The minimum Gasteiger partial charge on any atom is -0.435 e. The molecule has 0 bridgehead atoms. The van der Waals surface area contributed by atoms with Crippen LogP contribution in [0, 0.1) is 0 Å². The number of benzene rings is 1. The molecule has 1 aromatic carbocycles. The van der Waals surface area contributed by atoms with Gasteiger partial charge in [-0.1, -0.05) is 25.1 Å². The Kier molecular flexibility index (Phi) is 3.83. The molecular formula is C16H18N4O. The SMILES string of the molecule is CCNCc1cc2ccccc2c(Oc2cnn(C)c2)n1. The predicted molar refractivity (Wildman–Crippen MR) is 82.4 cm³/mol. The Morgan fingerprint density at radius 3 is 2.90 bits per heavy atom. The van der Waals surface area contributed by atoms with Crippen LogP contribution in [0.4, 0.5) is 0 Å². The summed E-state index contributed by atoms with van der Waals surface area (Å²) in [6, 6.07) is 10.2. The molecule has 5 heteroatoms. The van der Waals surface area contributed by atoms with E-state index in [1.54, 1.807) is 10.9 Å². The molecule has 21 heavy (non-hydrogen) atoms. The van der Waals surface area contributed by atoms with Gasteiger partial charge in [0, 0.05) is 19.0 Å². The fourth-order valence-electron chi connectivity index (χ4n) is 2.20. The smallest absolute Gasteiger partial charge is 0.227 e. The molecule has 0 radical (unpaired) electrons. The molecule has 1 N–H and O–H groups in total. The topological polar surface area (TPSA) is 52.0 Å². The quantitative estimate of drug-likeness (QED) is 0.782. The van der Waals surface area contributed by atoms with Crippen LogP contribution in [0.25, 0.3) is 10.8 Å². The van der Waals surface area contributed by atoms with E-state index in [9.17, 15) is 0 Å². The molecule has 0 aliphatic carbocycles. The third-order valence-corrected chi connectivity index (χ3v) is 3.21. The molecule has 0 aliphatic rings. The molecular weight excluding hydrogens is 264 g/mol. The van der Waals surface area contributed by atoms with E-state index in [0.717, 1.165) is 29.6 Å². The second-order valence-electron chi connectivity index (χ2n) is 4.87. The van der Waals surface area contributed by atoms with Crippen molar-refractivity contribution in [1.29, 1.82) is 0 Å². The predicted octanol–water partition coefficient (Wildman–Crippen LogP) is 2.87. The molecule has 0 aliphatic heterocycles. The van der Waals surface area contributed by atoms with E-state index >= 15 is 0 Å². The first kappa shape index (κ1) is 13.6. The van der Waals surface area contributed by atoms with Gasteiger partial charge in [-0.2, -0.15) is 5.10 Å². The highest BCUT2D eigenvalue weighted by atomic mass is 16.5. The van der Waals surface area contributed by atoms with Crippen LogP contribution in [0.15, 0.2) is 42.7 Å². The molecule has 3 aromatic rings. The van der Waals surface area contributed by atoms with Crippen LogP contribution in [0.1, 0.15) is 12.6 Å². The number of nitrogens with zero attached hydrogens (tertiary/aromatic N) is 3. The maximum absolute atomic E-state index is 5.91. The van der Waals surface area contributed by atoms with Gasteiger partial charge in [0.05, 0.1) is 18.1 Å². The van der Waals surface area contributed by atoms with Gasteiger partial charge >= 0.3 is 0 Å². The fourth-order valence-corrected chi connectivity index (χ4v) is 2.20. The number of ether oxygens (including phenoxy) is 1. The Morgan fingerprint density at radius 2 is 2.14 bits per heavy atom. The highest BCUT2D eigenvalue weighted by Crippen LogP contribution is 2.28. The Hall–Kier alpha value is -2.40. The number of nitrogens with one attached hydrogen (secondary N) is 1. The van der Waals surface area contributed by atoms with Gasteiger partial charge in [0.25, 0.3) is 0 Å². The number of aromatic nitrogens is 3. The zero-order valence-corrected chi connectivity index (χ0v) is 12.2. The highest BCUT2D eigenvalue weighted by molar-refractivity contribution is 5.87. The van der Waals surface area contributed by atoms with Crippen molar-refractivity contribution in [2.24, 2.45) is 7.05 Å². The molecule has 2 aromatic heterocycles. The fraction of sp³-hybridized carbons (Fsp3) is 0.250. The summed E-state index contributed by atoms with van der Waals surface area (Å²) in [4.78, 5) is 4.62. The average molecular weight is 282 g/mol. The maximum Gasteiger partial charge on any atom is 0.227 e. The van der Waals surface area contributed by atoms with Crippen molar-refractivity contribution >= 4 is 10.8 Å². The lowest BCUT2D eigenvalue weighted by Gasteiger charge is -2.09. The van der Waals surface area contributed by atoms with Crippen LogP contribution >= 0.6 is 0 Å². The van der Waals surface area contributed by atoms with Crippen LogP contribution in [0.3, 0.4) is 0 Å². The molecule has 0 unspecified atom stereocenters. The van der Waals surface area contributed by atoms with E-state index in [1.807, 2.05) is 31.4 Å². The van der Waals surface area contributed by atoms with E-state index in [4.69, 9.17) is 4.74 Å². The zero-order valence-electron chi connectivity index (χ0n) is 12.2. The van der Waals surface area contributed by atoms with Crippen LogP contribution in [-0.2, 0) is 13.6 Å². The van der Waals surface area contributed by atoms with Crippen molar-refractivity contribution in [3.05, 3.63) is 48.4 Å². The zero-order chi connectivity index (χ0) is 14.7. The Balaban J connectivity index is 2.01. The molecule has 0 amide bonds. The second kappa shape index (κ2) is 5.93.